The summed E-state index contributed by atoms with van der Waals surface area (Å²) in [5.74, 6) is -1.94. The Morgan fingerprint density at radius 1 is 1.10 bits per heavy atom. The predicted molar refractivity (Wildman–Crippen MR) is 104 cm³/mol. The molecule has 2 aromatic rings. The van der Waals surface area contributed by atoms with Crippen molar-refractivity contribution in [1.29, 1.82) is 5.26 Å². The molecule has 15 heteroatoms. The van der Waals surface area contributed by atoms with Gasteiger partial charge in [0, 0.05) is 41.7 Å². The Kier molecular flexibility index (Phi) is 8.46. The summed E-state index contributed by atoms with van der Waals surface area (Å²) in [6, 6.07) is 5.90. The first-order valence-corrected chi connectivity index (χ1v) is 10.8. The monoisotopic (exact) mass is 465 g/mol. The molecule has 2 rings (SSSR count). The SMILES string of the molecule is CCn1c(O)c(N=Nc2ccc(S(=O)(=O)O)cc2)c(CS(=O)(=O)O)c(C#N)c1=O.[Na]. The number of pyridine rings is 1. The number of nitriles is 1. The number of benzene rings is 1. The van der Waals surface area contributed by atoms with Crippen LogP contribution in [0.15, 0.2) is 44.2 Å². The molecule has 3 N–H and O–H groups in total. The van der Waals surface area contributed by atoms with Crippen molar-refractivity contribution in [3.63, 3.8) is 0 Å². The van der Waals surface area contributed by atoms with Gasteiger partial charge in [-0.25, -0.2) is 0 Å². The van der Waals surface area contributed by atoms with Crippen LogP contribution in [0.25, 0.3) is 0 Å². The first-order chi connectivity index (χ1) is 13.4. The Labute approximate surface area is 193 Å². The standard InChI is InChI=1S/C15H14N4O8S2.Na/c1-2-19-14(20)11(7-16)12(8-28(22,23)24)13(15(19)21)18-17-9-3-5-10(6-4-9)29(25,26)27;/h3-6,21H,2,8H2,1H3,(H,22,23,24)(H,25,26,27);. The van der Waals surface area contributed by atoms with Crippen molar-refractivity contribution in [2.45, 2.75) is 24.1 Å². The third-order valence-corrected chi connectivity index (χ3v) is 5.19. The molecule has 0 amide bonds. The number of aromatic nitrogens is 1. The van der Waals surface area contributed by atoms with E-state index >= 15 is 0 Å². The zero-order chi connectivity index (χ0) is 22.0. The molecule has 0 atom stereocenters. The first-order valence-electron chi connectivity index (χ1n) is 7.72. The third kappa shape index (κ3) is 5.95. The summed E-state index contributed by atoms with van der Waals surface area (Å²) in [6.45, 7) is 1.41. The third-order valence-electron chi connectivity index (χ3n) is 3.67. The molecular formula is C15H14N4NaO8S2. The van der Waals surface area contributed by atoms with Crippen molar-refractivity contribution in [1.82, 2.24) is 4.57 Å². The van der Waals surface area contributed by atoms with Crippen molar-refractivity contribution in [3.05, 3.63) is 45.7 Å². The Bertz CT molecular complexity index is 1290. The summed E-state index contributed by atoms with van der Waals surface area (Å²) in [6.07, 6.45) is 0. The summed E-state index contributed by atoms with van der Waals surface area (Å²) in [7, 11) is -9.12. The van der Waals surface area contributed by atoms with E-state index in [1.54, 1.807) is 0 Å². The van der Waals surface area contributed by atoms with E-state index < -0.39 is 59.1 Å². The second-order valence-corrected chi connectivity index (χ2v) is 8.46. The van der Waals surface area contributed by atoms with Gasteiger partial charge in [-0.2, -0.15) is 27.2 Å². The van der Waals surface area contributed by atoms with Gasteiger partial charge in [0.15, 0.2) is 5.69 Å². The van der Waals surface area contributed by atoms with Gasteiger partial charge in [-0.15, -0.1) is 5.11 Å². The average Bonchev–Trinajstić information content (AvgIpc) is 2.60. The van der Waals surface area contributed by atoms with E-state index in [0.29, 0.717) is 0 Å². The van der Waals surface area contributed by atoms with Crippen molar-refractivity contribution >= 4 is 61.2 Å². The van der Waals surface area contributed by atoms with E-state index in [9.17, 15) is 32.0 Å². The van der Waals surface area contributed by atoms with Crippen molar-refractivity contribution in [3.8, 4) is 11.9 Å². The summed E-state index contributed by atoms with van der Waals surface area (Å²) < 4.78 is 63.6. The van der Waals surface area contributed by atoms with Crippen molar-refractivity contribution in [2.24, 2.45) is 10.2 Å². The molecule has 0 bridgehead atoms. The number of hydrogen-bond acceptors (Lipinski definition) is 9. The van der Waals surface area contributed by atoms with Crippen LogP contribution in [-0.4, -0.2) is 65.2 Å². The van der Waals surface area contributed by atoms with Gasteiger partial charge in [-0.3, -0.25) is 18.5 Å². The zero-order valence-corrected chi connectivity index (χ0v) is 19.3. The molecule has 1 aromatic carbocycles. The molecule has 0 saturated heterocycles. The molecule has 0 spiro atoms. The molecule has 0 saturated carbocycles. The van der Waals surface area contributed by atoms with E-state index in [0.717, 1.165) is 28.8 Å². The van der Waals surface area contributed by atoms with Gasteiger partial charge in [0.2, 0.25) is 5.88 Å². The fourth-order valence-electron chi connectivity index (χ4n) is 2.37. The summed E-state index contributed by atoms with van der Waals surface area (Å²) in [5, 5.41) is 27.0. The molecule has 0 aliphatic heterocycles. The number of hydrogen-bond donors (Lipinski definition) is 3. The molecule has 1 radical (unpaired) electrons. The van der Waals surface area contributed by atoms with Crippen molar-refractivity contribution < 1.29 is 31.0 Å². The van der Waals surface area contributed by atoms with E-state index in [1.165, 1.54) is 13.0 Å². The maximum Gasteiger partial charge on any atom is 0.294 e. The van der Waals surface area contributed by atoms with Crippen LogP contribution >= 0.6 is 0 Å². The fraction of sp³-hybridized carbons (Fsp3) is 0.200. The summed E-state index contributed by atoms with van der Waals surface area (Å²) >= 11 is 0. The molecule has 1 heterocycles. The minimum absolute atomic E-state index is 0. The number of rotatable bonds is 6. The number of azo groups is 1. The number of nitrogens with zero attached hydrogens (tertiary/aromatic N) is 4. The molecule has 0 aliphatic carbocycles. The summed E-state index contributed by atoms with van der Waals surface area (Å²) in [5.41, 5.74) is -2.64. The van der Waals surface area contributed by atoms with Crippen LogP contribution in [0.3, 0.4) is 0 Å². The smallest absolute Gasteiger partial charge is 0.294 e. The van der Waals surface area contributed by atoms with E-state index in [1.807, 2.05) is 0 Å². The van der Waals surface area contributed by atoms with Crippen LogP contribution in [0.4, 0.5) is 11.4 Å². The first kappa shape index (κ1) is 25.9. The second kappa shape index (κ2) is 9.79. The second-order valence-electron chi connectivity index (χ2n) is 5.58. The molecule has 1 aromatic heterocycles. The average molecular weight is 465 g/mol. The van der Waals surface area contributed by atoms with Gasteiger partial charge in [0.05, 0.1) is 10.6 Å². The van der Waals surface area contributed by atoms with Crippen molar-refractivity contribution in [2.75, 3.05) is 0 Å². The molecule has 0 aliphatic rings. The maximum atomic E-state index is 12.3. The van der Waals surface area contributed by atoms with Gasteiger partial charge >= 0.3 is 0 Å². The Morgan fingerprint density at radius 3 is 2.10 bits per heavy atom. The summed E-state index contributed by atoms with van der Waals surface area (Å²) in [4.78, 5) is 11.9. The van der Waals surface area contributed by atoms with Gasteiger partial charge in [0.1, 0.15) is 17.4 Å². The van der Waals surface area contributed by atoms with Gasteiger partial charge < -0.3 is 5.11 Å². The molecule has 155 valence electrons. The maximum absolute atomic E-state index is 12.3. The predicted octanol–water partition coefficient (Wildman–Crippen LogP) is 1.11. The Morgan fingerprint density at radius 2 is 1.67 bits per heavy atom. The molecule has 0 unspecified atom stereocenters. The minimum Gasteiger partial charge on any atom is -0.493 e. The largest absolute Gasteiger partial charge is 0.493 e. The van der Waals surface area contributed by atoms with Crippen LogP contribution < -0.4 is 5.56 Å². The van der Waals surface area contributed by atoms with Gasteiger partial charge in [-0.1, -0.05) is 0 Å². The molecule has 0 fully saturated rings. The van der Waals surface area contributed by atoms with Crippen LogP contribution in [0.2, 0.25) is 0 Å². The van der Waals surface area contributed by atoms with E-state index in [4.69, 9.17) is 9.11 Å². The van der Waals surface area contributed by atoms with Crippen LogP contribution in [-0.2, 0) is 32.5 Å². The van der Waals surface area contributed by atoms with Gasteiger partial charge in [-0.05, 0) is 31.2 Å². The molecular weight excluding hydrogens is 451 g/mol. The molecule has 30 heavy (non-hydrogen) atoms. The quantitative estimate of drug-likeness (QED) is 0.317. The van der Waals surface area contributed by atoms with E-state index in [2.05, 4.69) is 10.2 Å². The van der Waals surface area contributed by atoms with E-state index in [-0.39, 0.29) is 41.8 Å². The zero-order valence-electron chi connectivity index (χ0n) is 15.7. The minimum atomic E-state index is -4.70. The number of aromatic hydroxyl groups is 1. The fourth-order valence-corrected chi connectivity index (χ4v) is 3.50. The van der Waals surface area contributed by atoms with Crippen LogP contribution in [0.5, 0.6) is 5.88 Å². The Hall–Kier alpha value is -2.12. The topological polar surface area (TPSA) is 199 Å². The normalized spacial score (nSPS) is 11.8. The van der Waals surface area contributed by atoms with Gasteiger partial charge in [0.25, 0.3) is 25.8 Å². The van der Waals surface area contributed by atoms with Crippen LogP contribution in [0.1, 0.15) is 18.1 Å². The molecule has 12 nitrogen and oxygen atoms in total. The van der Waals surface area contributed by atoms with Crippen LogP contribution in [0, 0.1) is 11.3 Å². The Balaban J connectivity index is 0.00000450.